The molecular weight excluding hydrogens is 305 g/mol. The zero-order valence-corrected chi connectivity index (χ0v) is 12.8. The fourth-order valence-electron chi connectivity index (χ4n) is 2.31. The molecule has 4 nitrogen and oxygen atoms in total. The number of nitrogens with zero attached hydrogens (tertiary/aromatic N) is 2. The maximum absolute atomic E-state index is 13.2. The average molecular weight is 318 g/mol. The molecule has 1 N–H and O–H groups in total. The van der Waals surface area contributed by atoms with E-state index in [0.717, 1.165) is 5.56 Å². The number of anilines is 1. The number of carbonyl (C=O) groups excluding carboxylic acids is 1. The van der Waals surface area contributed by atoms with Crippen LogP contribution in [0.5, 0.6) is 0 Å². The number of amides is 1. The quantitative estimate of drug-likeness (QED) is 0.776. The Morgan fingerprint density at radius 3 is 2.77 bits per heavy atom. The van der Waals surface area contributed by atoms with Crippen molar-refractivity contribution in [1.82, 2.24) is 9.38 Å². The van der Waals surface area contributed by atoms with Crippen LogP contribution in [0.3, 0.4) is 0 Å². The minimum absolute atomic E-state index is 0.0384. The number of nitrogens with one attached hydrogen (secondary N) is 1. The largest absolute Gasteiger partial charge is 0.321 e. The summed E-state index contributed by atoms with van der Waals surface area (Å²) in [5.74, 6) is -0.848. The van der Waals surface area contributed by atoms with Gasteiger partial charge in [-0.3, -0.25) is 9.20 Å². The molecule has 3 rings (SSSR count). The molecule has 0 fully saturated rings. The van der Waals surface area contributed by atoms with Crippen LogP contribution in [0.1, 0.15) is 21.7 Å². The van der Waals surface area contributed by atoms with Crippen LogP contribution < -0.4 is 5.32 Å². The van der Waals surface area contributed by atoms with Gasteiger partial charge >= 0.3 is 0 Å². The highest BCUT2D eigenvalue weighted by Gasteiger charge is 2.17. The van der Waals surface area contributed by atoms with Gasteiger partial charge in [-0.05, 0) is 43.7 Å². The van der Waals surface area contributed by atoms with Crippen molar-refractivity contribution in [2.24, 2.45) is 0 Å². The Morgan fingerprint density at radius 2 is 2.05 bits per heavy atom. The maximum Gasteiger partial charge on any atom is 0.274 e. The predicted octanol–water partition coefficient (Wildman–Crippen LogP) is 4.00. The van der Waals surface area contributed by atoms with Crippen molar-refractivity contribution in [2.45, 2.75) is 13.8 Å². The highest BCUT2D eigenvalue weighted by atomic mass is 35.5. The smallest absolute Gasteiger partial charge is 0.274 e. The Balaban J connectivity index is 2.00. The van der Waals surface area contributed by atoms with Crippen molar-refractivity contribution in [1.29, 1.82) is 0 Å². The van der Waals surface area contributed by atoms with Crippen molar-refractivity contribution < 1.29 is 9.18 Å². The lowest BCUT2D eigenvalue weighted by Gasteiger charge is -2.07. The first kappa shape index (κ1) is 14.5. The first-order chi connectivity index (χ1) is 10.5. The zero-order chi connectivity index (χ0) is 15.9. The number of hydrogen-bond acceptors (Lipinski definition) is 2. The molecule has 0 aliphatic carbocycles. The van der Waals surface area contributed by atoms with E-state index in [-0.39, 0.29) is 10.9 Å². The second kappa shape index (κ2) is 5.42. The van der Waals surface area contributed by atoms with Gasteiger partial charge in [0, 0.05) is 11.9 Å². The molecule has 1 amide bonds. The lowest BCUT2D eigenvalue weighted by molar-refractivity contribution is 0.102. The third-order valence-corrected chi connectivity index (χ3v) is 3.62. The first-order valence-corrected chi connectivity index (χ1v) is 7.05. The molecule has 0 radical (unpaired) electrons. The number of aryl methyl sites for hydroxylation is 2. The van der Waals surface area contributed by atoms with Crippen LogP contribution in [0.15, 0.2) is 36.5 Å². The number of pyridine rings is 1. The Labute approximate surface area is 131 Å². The molecule has 0 saturated carbocycles. The molecule has 0 unspecified atom stereocenters. The molecule has 112 valence electrons. The summed E-state index contributed by atoms with van der Waals surface area (Å²) in [6, 6.07) is 7.84. The normalized spacial score (nSPS) is 10.9. The van der Waals surface area contributed by atoms with E-state index in [4.69, 9.17) is 11.6 Å². The molecule has 0 aliphatic rings. The number of halogens is 2. The number of rotatable bonds is 2. The van der Waals surface area contributed by atoms with Crippen LogP contribution in [-0.4, -0.2) is 15.3 Å². The van der Waals surface area contributed by atoms with Gasteiger partial charge in [0.1, 0.15) is 17.2 Å². The molecular formula is C16H13ClFN3O. The predicted molar refractivity (Wildman–Crippen MR) is 84.0 cm³/mol. The van der Waals surface area contributed by atoms with Gasteiger partial charge < -0.3 is 5.32 Å². The third-order valence-electron chi connectivity index (χ3n) is 3.33. The molecule has 0 atom stereocenters. The number of aromatic nitrogens is 2. The Bertz CT molecular complexity index is 888. The van der Waals surface area contributed by atoms with Gasteiger partial charge in [0.2, 0.25) is 0 Å². The van der Waals surface area contributed by atoms with Crippen molar-refractivity contribution >= 4 is 28.8 Å². The summed E-state index contributed by atoms with van der Waals surface area (Å²) in [6.45, 7) is 3.71. The van der Waals surface area contributed by atoms with E-state index in [1.807, 2.05) is 25.3 Å². The fraction of sp³-hybridized carbons (Fsp3) is 0.125. The standard InChI is InChI=1S/C16H13ClFN3O/c1-9-3-6-14-19-10(2)15(21(14)8-9)16(22)20-11-4-5-13(18)12(17)7-11/h3-8H,1-2H3,(H,20,22). The number of fused-ring (bicyclic) bond motifs is 1. The summed E-state index contributed by atoms with van der Waals surface area (Å²) in [4.78, 5) is 16.9. The van der Waals surface area contributed by atoms with Crippen LogP contribution >= 0.6 is 11.6 Å². The SMILES string of the molecule is Cc1ccc2nc(C)c(C(=O)Nc3ccc(F)c(Cl)c3)n2c1. The molecule has 3 aromatic rings. The average Bonchev–Trinajstić information content (AvgIpc) is 2.78. The number of benzene rings is 1. The Morgan fingerprint density at radius 1 is 1.27 bits per heavy atom. The van der Waals surface area contributed by atoms with E-state index in [2.05, 4.69) is 10.3 Å². The summed E-state index contributed by atoms with van der Waals surface area (Å²) in [5, 5.41) is 2.68. The Kier molecular flexibility index (Phi) is 3.58. The molecule has 0 bridgehead atoms. The monoisotopic (exact) mass is 317 g/mol. The van der Waals surface area contributed by atoms with Crippen LogP contribution in [0.25, 0.3) is 5.65 Å². The van der Waals surface area contributed by atoms with E-state index in [9.17, 15) is 9.18 Å². The van der Waals surface area contributed by atoms with E-state index in [1.165, 1.54) is 18.2 Å². The summed E-state index contributed by atoms with van der Waals surface area (Å²) < 4.78 is 14.9. The van der Waals surface area contributed by atoms with Crippen LogP contribution in [0, 0.1) is 19.7 Å². The topological polar surface area (TPSA) is 46.4 Å². The van der Waals surface area contributed by atoms with Crippen molar-refractivity contribution in [3.05, 3.63) is 64.3 Å². The third kappa shape index (κ3) is 2.55. The second-order valence-corrected chi connectivity index (χ2v) is 5.47. The maximum atomic E-state index is 13.2. The van der Waals surface area contributed by atoms with Crippen molar-refractivity contribution in [2.75, 3.05) is 5.32 Å². The van der Waals surface area contributed by atoms with E-state index < -0.39 is 5.82 Å². The van der Waals surface area contributed by atoms with Gasteiger partial charge in [-0.25, -0.2) is 9.37 Å². The van der Waals surface area contributed by atoms with Crippen molar-refractivity contribution in [3.63, 3.8) is 0 Å². The number of carbonyl (C=O) groups is 1. The van der Waals surface area contributed by atoms with E-state index in [0.29, 0.717) is 22.7 Å². The fourth-order valence-corrected chi connectivity index (χ4v) is 2.49. The van der Waals surface area contributed by atoms with Gasteiger partial charge in [-0.15, -0.1) is 0 Å². The number of imidazole rings is 1. The van der Waals surface area contributed by atoms with E-state index >= 15 is 0 Å². The van der Waals surface area contributed by atoms with Gasteiger partial charge in [0.05, 0.1) is 10.7 Å². The van der Waals surface area contributed by atoms with Crippen LogP contribution in [0.2, 0.25) is 5.02 Å². The molecule has 22 heavy (non-hydrogen) atoms. The van der Waals surface area contributed by atoms with Crippen molar-refractivity contribution in [3.8, 4) is 0 Å². The van der Waals surface area contributed by atoms with E-state index in [1.54, 1.807) is 11.3 Å². The number of hydrogen-bond donors (Lipinski definition) is 1. The first-order valence-electron chi connectivity index (χ1n) is 6.67. The molecule has 2 heterocycles. The summed E-state index contributed by atoms with van der Waals surface area (Å²) in [5.41, 5.74) is 3.21. The molecule has 0 saturated heterocycles. The minimum atomic E-state index is -0.527. The van der Waals surface area contributed by atoms with Crippen LogP contribution in [0.4, 0.5) is 10.1 Å². The van der Waals surface area contributed by atoms with Gasteiger partial charge in [-0.1, -0.05) is 17.7 Å². The molecule has 0 aliphatic heterocycles. The van der Waals surface area contributed by atoms with Gasteiger partial charge in [0.15, 0.2) is 0 Å². The van der Waals surface area contributed by atoms with Crippen LogP contribution in [-0.2, 0) is 0 Å². The minimum Gasteiger partial charge on any atom is -0.321 e. The summed E-state index contributed by atoms with van der Waals surface area (Å²) in [6.07, 6.45) is 1.85. The highest BCUT2D eigenvalue weighted by molar-refractivity contribution is 6.31. The molecule has 0 spiro atoms. The lowest BCUT2D eigenvalue weighted by Crippen LogP contribution is -2.15. The summed E-state index contributed by atoms with van der Waals surface area (Å²) >= 11 is 5.73. The Hall–Kier alpha value is -2.40. The second-order valence-electron chi connectivity index (χ2n) is 5.06. The van der Waals surface area contributed by atoms with Gasteiger partial charge in [0.25, 0.3) is 5.91 Å². The highest BCUT2D eigenvalue weighted by Crippen LogP contribution is 2.21. The molecule has 6 heteroatoms. The molecule has 2 aromatic heterocycles. The molecule has 1 aromatic carbocycles. The summed E-state index contributed by atoms with van der Waals surface area (Å²) in [7, 11) is 0. The lowest BCUT2D eigenvalue weighted by atomic mass is 10.2. The van der Waals surface area contributed by atoms with Gasteiger partial charge in [-0.2, -0.15) is 0 Å². The zero-order valence-electron chi connectivity index (χ0n) is 12.0.